The summed E-state index contributed by atoms with van der Waals surface area (Å²) in [5.41, 5.74) is 2.17. The van der Waals surface area contributed by atoms with E-state index >= 15 is 0 Å². The van der Waals surface area contributed by atoms with Crippen LogP contribution in [0.5, 0.6) is 11.5 Å². The van der Waals surface area contributed by atoms with E-state index in [0.29, 0.717) is 22.7 Å². The van der Waals surface area contributed by atoms with E-state index in [2.05, 4.69) is 0 Å². The Morgan fingerprint density at radius 3 is 2.55 bits per heavy atom. The van der Waals surface area contributed by atoms with Gasteiger partial charge in [0.15, 0.2) is 11.5 Å². The Labute approximate surface area is 172 Å². The number of carbonyl (C=O) groups is 1. The van der Waals surface area contributed by atoms with E-state index in [1.54, 1.807) is 50.3 Å². The van der Waals surface area contributed by atoms with Gasteiger partial charge >= 0.3 is 5.97 Å². The summed E-state index contributed by atoms with van der Waals surface area (Å²) in [5, 5.41) is 0. The maximum Gasteiger partial charge on any atom is 0.336 e. The molecule has 3 rings (SSSR count). The van der Waals surface area contributed by atoms with Gasteiger partial charge in [-0.1, -0.05) is 29.8 Å². The maximum atomic E-state index is 12.7. The average molecular weight is 416 g/mol. The Balaban J connectivity index is 2.16. The fourth-order valence-electron chi connectivity index (χ4n) is 3.14. The molecule has 154 valence electrons. The number of anilines is 1. The molecular weight excluding hydrogens is 394 g/mol. The van der Waals surface area contributed by atoms with Crippen LogP contribution in [0.1, 0.15) is 31.0 Å². The second kappa shape index (κ2) is 9.11. The molecule has 2 aromatic carbocycles. The first-order valence-corrected chi connectivity index (χ1v) is 10.2. The summed E-state index contributed by atoms with van der Waals surface area (Å²) >= 11 is -2.67. The summed E-state index contributed by atoms with van der Waals surface area (Å²) in [7, 11) is 0. The SMILES string of the molecule is CC=C(C(=O)OCC)C(c1ccc2c(c1)OCO2)N(c1ccc(C)cc1)S(=O)[O-]. The standard InChI is InChI=1S/C21H23NO6S/c1-4-17(21(23)26-5-2)20(15-8-11-18-19(12-15)28-13-27-18)22(29(24)25)16-9-6-14(3)7-10-16/h4,6-12,20H,5,13H2,1-3H3,(H,24,25)/p-1. The summed E-state index contributed by atoms with van der Waals surface area (Å²) in [4.78, 5) is 12.7. The molecule has 0 fully saturated rings. The Bertz CT molecular complexity index is 941. The molecule has 0 spiro atoms. The van der Waals surface area contributed by atoms with Gasteiger partial charge in [0.05, 0.1) is 18.2 Å². The minimum atomic E-state index is -2.67. The molecule has 0 aromatic heterocycles. The fraction of sp³-hybridized carbons (Fsp3) is 0.286. The van der Waals surface area contributed by atoms with Gasteiger partial charge in [0.25, 0.3) is 0 Å². The van der Waals surface area contributed by atoms with Gasteiger partial charge in [-0.25, -0.2) is 4.79 Å². The van der Waals surface area contributed by atoms with Crippen molar-refractivity contribution in [1.82, 2.24) is 0 Å². The van der Waals surface area contributed by atoms with Gasteiger partial charge in [-0.3, -0.25) is 8.51 Å². The summed E-state index contributed by atoms with van der Waals surface area (Å²) < 4.78 is 41.8. The predicted octanol–water partition coefficient (Wildman–Crippen LogP) is 3.57. The Morgan fingerprint density at radius 2 is 1.93 bits per heavy atom. The van der Waals surface area contributed by atoms with E-state index in [1.807, 2.05) is 19.1 Å². The number of rotatable bonds is 7. The fourth-order valence-corrected chi connectivity index (χ4v) is 3.84. The monoisotopic (exact) mass is 416 g/mol. The molecule has 1 aliphatic rings. The highest BCUT2D eigenvalue weighted by Gasteiger charge is 2.32. The van der Waals surface area contributed by atoms with Gasteiger partial charge in [0.1, 0.15) is 0 Å². The largest absolute Gasteiger partial charge is 0.755 e. The molecule has 2 unspecified atom stereocenters. The molecule has 0 saturated carbocycles. The number of esters is 1. The van der Waals surface area contributed by atoms with Crippen molar-refractivity contribution in [3.8, 4) is 11.5 Å². The van der Waals surface area contributed by atoms with Crippen LogP contribution in [-0.4, -0.2) is 28.1 Å². The van der Waals surface area contributed by atoms with Crippen molar-refractivity contribution < 1.29 is 27.8 Å². The molecule has 0 bridgehead atoms. The van der Waals surface area contributed by atoms with Gasteiger partial charge in [0.2, 0.25) is 6.79 Å². The molecule has 1 aliphatic heterocycles. The third-order valence-electron chi connectivity index (χ3n) is 4.51. The van der Waals surface area contributed by atoms with Crippen molar-refractivity contribution >= 4 is 22.9 Å². The number of allylic oxidation sites excluding steroid dienone is 1. The van der Waals surface area contributed by atoms with Crippen LogP contribution in [0, 0.1) is 6.92 Å². The lowest BCUT2D eigenvalue weighted by molar-refractivity contribution is -0.138. The molecule has 1 heterocycles. The molecule has 8 heteroatoms. The number of nitrogens with zero attached hydrogens (tertiary/aromatic N) is 1. The van der Waals surface area contributed by atoms with Crippen LogP contribution in [-0.2, 0) is 20.8 Å². The lowest BCUT2D eigenvalue weighted by atomic mass is 9.97. The van der Waals surface area contributed by atoms with Crippen LogP contribution in [0.3, 0.4) is 0 Å². The van der Waals surface area contributed by atoms with E-state index in [0.717, 1.165) is 9.87 Å². The quantitative estimate of drug-likeness (QED) is 0.389. The summed E-state index contributed by atoms with van der Waals surface area (Å²) in [6.07, 6.45) is 1.57. The van der Waals surface area contributed by atoms with Gasteiger partial charge in [0, 0.05) is 17.0 Å². The first kappa shape index (κ1) is 20.9. The number of ether oxygens (including phenoxy) is 3. The molecule has 0 radical (unpaired) electrons. The molecule has 2 aromatic rings. The van der Waals surface area contributed by atoms with E-state index in [-0.39, 0.29) is 19.0 Å². The Kier molecular flexibility index (Phi) is 6.56. The lowest BCUT2D eigenvalue weighted by Gasteiger charge is -2.35. The van der Waals surface area contributed by atoms with Crippen LogP contribution in [0.4, 0.5) is 5.69 Å². The number of benzene rings is 2. The molecule has 0 N–H and O–H groups in total. The zero-order chi connectivity index (χ0) is 21.0. The van der Waals surface area contributed by atoms with E-state index < -0.39 is 23.3 Å². The molecule has 7 nitrogen and oxygen atoms in total. The van der Waals surface area contributed by atoms with Crippen LogP contribution in [0.2, 0.25) is 0 Å². The first-order chi connectivity index (χ1) is 14.0. The number of aryl methyl sites for hydroxylation is 1. The molecule has 2 atom stereocenters. The minimum Gasteiger partial charge on any atom is -0.755 e. The van der Waals surface area contributed by atoms with Crippen molar-refractivity contribution in [2.24, 2.45) is 0 Å². The van der Waals surface area contributed by atoms with Crippen LogP contribution in [0.25, 0.3) is 0 Å². The Hall–Kier alpha value is -2.84. The molecule has 29 heavy (non-hydrogen) atoms. The van der Waals surface area contributed by atoms with E-state index in [1.165, 1.54) is 0 Å². The zero-order valence-electron chi connectivity index (χ0n) is 16.4. The number of fused-ring (bicyclic) bond motifs is 1. The third-order valence-corrected chi connectivity index (χ3v) is 5.26. The third kappa shape index (κ3) is 4.44. The smallest absolute Gasteiger partial charge is 0.336 e. The van der Waals surface area contributed by atoms with Crippen molar-refractivity contribution in [3.63, 3.8) is 0 Å². The first-order valence-electron chi connectivity index (χ1n) is 9.14. The lowest BCUT2D eigenvalue weighted by Crippen LogP contribution is -2.34. The van der Waals surface area contributed by atoms with Crippen LogP contribution < -0.4 is 13.8 Å². The number of hydrogen-bond donors (Lipinski definition) is 0. The van der Waals surface area contributed by atoms with Gasteiger partial charge in [-0.05, 0) is 50.6 Å². The van der Waals surface area contributed by atoms with Crippen molar-refractivity contribution in [2.75, 3.05) is 17.7 Å². The van der Waals surface area contributed by atoms with Gasteiger partial charge < -0.3 is 18.8 Å². The topological polar surface area (TPSA) is 88.1 Å². The summed E-state index contributed by atoms with van der Waals surface area (Å²) in [6.45, 7) is 5.55. The van der Waals surface area contributed by atoms with Crippen LogP contribution >= 0.6 is 0 Å². The second-order valence-corrected chi connectivity index (χ2v) is 7.19. The Morgan fingerprint density at radius 1 is 1.24 bits per heavy atom. The van der Waals surface area contributed by atoms with Crippen molar-refractivity contribution in [2.45, 2.75) is 26.8 Å². The average Bonchev–Trinajstić information content (AvgIpc) is 3.17. The molecule has 0 saturated heterocycles. The normalized spacial score (nSPS) is 15.0. The maximum absolute atomic E-state index is 12.7. The van der Waals surface area contributed by atoms with Gasteiger partial charge in [-0.2, -0.15) is 0 Å². The highest BCUT2D eigenvalue weighted by molar-refractivity contribution is 7.80. The summed E-state index contributed by atoms with van der Waals surface area (Å²) in [5.74, 6) is 0.475. The number of hydrogen-bond acceptors (Lipinski definition) is 6. The van der Waals surface area contributed by atoms with Crippen molar-refractivity contribution in [1.29, 1.82) is 0 Å². The second-order valence-electron chi connectivity index (χ2n) is 6.36. The van der Waals surface area contributed by atoms with Gasteiger partial charge in [-0.15, -0.1) is 0 Å². The van der Waals surface area contributed by atoms with Crippen LogP contribution in [0.15, 0.2) is 54.1 Å². The van der Waals surface area contributed by atoms with Crippen molar-refractivity contribution in [3.05, 3.63) is 65.2 Å². The van der Waals surface area contributed by atoms with E-state index in [4.69, 9.17) is 14.2 Å². The summed E-state index contributed by atoms with van der Waals surface area (Å²) in [6, 6.07) is 11.2. The predicted molar refractivity (Wildman–Crippen MR) is 108 cm³/mol. The minimum absolute atomic E-state index is 0.0902. The molecular formula is C21H22NO6S-. The molecule has 0 aliphatic carbocycles. The molecule has 0 amide bonds. The highest BCUT2D eigenvalue weighted by atomic mass is 32.2. The number of carbonyl (C=O) groups excluding carboxylic acids is 1. The zero-order valence-corrected chi connectivity index (χ0v) is 17.2. The highest BCUT2D eigenvalue weighted by Crippen LogP contribution is 2.40. The van der Waals surface area contributed by atoms with E-state index in [9.17, 15) is 13.6 Å².